The quantitative estimate of drug-likeness (QED) is 0.772. The van der Waals surface area contributed by atoms with Gasteiger partial charge in [-0.25, -0.2) is 4.79 Å². The van der Waals surface area contributed by atoms with E-state index in [-0.39, 0.29) is 11.6 Å². The molecule has 5 nitrogen and oxygen atoms in total. The lowest BCUT2D eigenvalue weighted by molar-refractivity contribution is -0.129. The number of hydrogen-bond acceptors (Lipinski definition) is 4. The third kappa shape index (κ3) is 4.98. The molecular weight excluding hydrogens is 375 g/mol. The fourth-order valence-corrected chi connectivity index (χ4v) is 2.80. The lowest BCUT2D eigenvalue weighted by Gasteiger charge is -2.19. The average molecular weight is 391 g/mol. The van der Waals surface area contributed by atoms with E-state index in [1.165, 1.54) is 31.2 Å². The van der Waals surface area contributed by atoms with Crippen molar-refractivity contribution >= 4 is 35.1 Å². The van der Waals surface area contributed by atoms with Crippen molar-refractivity contribution in [1.82, 2.24) is 5.32 Å². The van der Waals surface area contributed by atoms with Crippen LogP contribution in [0.3, 0.4) is 0 Å². The van der Waals surface area contributed by atoms with Crippen molar-refractivity contribution < 1.29 is 14.3 Å². The lowest BCUT2D eigenvalue weighted by atomic mass is 10.1. The summed E-state index contributed by atoms with van der Waals surface area (Å²) in [6, 6.07) is 12.5. The number of amides is 1. The van der Waals surface area contributed by atoms with Gasteiger partial charge in [0.05, 0.1) is 23.2 Å². The lowest BCUT2D eigenvalue weighted by Crippen LogP contribution is -2.37. The Morgan fingerprint density at radius 3 is 2.35 bits per heavy atom. The standard InChI is InChI=1S/C19H16Cl2N2O3/c1-11(16-8-7-15(20)9-17(16)21)23-18(24)12(2)26-19(25)14-5-3-13(10-22)4-6-14/h3-9,11-12H,1-2H3,(H,23,24)/t11-,12-/m0/s1. The van der Waals surface area contributed by atoms with E-state index < -0.39 is 18.0 Å². The number of hydrogen-bond donors (Lipinski definition) is 1. The topological polar surface area (TPSA) is 79.2 Å². The van der Waals surface area contributed by atoms with Crippen molar-refractivity contribution in [2.45, 2.75) is 26.0 Å². The van der Waals surface area contributed by atoms with Gasteiger partial charge in [-0.1, -0.05) is 29.3 Å². The SMILES string of the molecule is C[C@H](OC(=O)c1ccc(C#N)cc1)C(=O)N[C@@H](C)c1ccc(Cl)cc1Cl. The molecular formula is C19H16Cl2N2O3. The van der Waals surface area contributed by atoms with Crippen molar-refractivity contribution in [3.8, 4) is 6.07 Å². The first-order chi connectivity index (χ1) is 12.3. The Morgan fingerprint density at radius 2 is 1.77 bits per heavy atom. The predicted molar refractivity (Wildman–Crippen MR) is 99.1 cm³/mol. The van der Waals surface area contributed by atoms with Crippen molar-refractivity contribution in [1.29, 1.82) is 5.26 Å². The molecule has 134 valence electrons. The molecule has 2 rings (SSSR count). The Labute approximate surface area is 161 Å². The molecule has 2 aromatic rings. The zero-order valence-electron chi connectivity index (χ0n) is 14.1. The van der Waals surface area contributed by atoms with Crippen molar-refractivity contribution in [2.24, 2.45) is 0 Å². The summed E-state index contributed by atoms with van der Waals surface area (Å²) in [5.41, 5.74) is 1.40. The molecule has 2 atom stereocenters. The first kappa shape index (κ1) is 19.8. The summed E-state index contributed by atoms with van der Waals surface area (Å²) in [7, 11) is 0. The van der Waals surface area contributed by atoms with E-state index in [9.17, 15) is 9.59 Å². The van der Waals surface area contributed by atoms with E-state index in [1.54, 1.807) is 25.1 Å². The molecule has 0 heterocycles. The molecule has 7 heteroatoms. The maximum absolute atomic E-state index is 12.3. The summed E-state index contributed by atoms with van der Waals surface area (Å²) in [6.07, 6.45) is -0.994. The Kier molecular flexibility index (Phi) is 6.62. The van der Waals surface area contributed by atoms with Crippen molar-refractivity contribution in [3.63, 3.8) is 0 Å². The molecule has 0 aliphatic rings. The largest absolute Gasteiger partial charge is 0.449 e. The van der Waals surface area contributed by atoms with E-state index >= 15 is 0 Å². The third-order valence-electron chi connectivity index (χ3n) is 3.69. The first-order valence-electron chi connectivity index (χ1n) is 7.78. The number of ether oxygens (including phenoxy) is 1. The van der Waals surface area contributed by atoms with Crippen LogP contribution in [0.15, 0.2) is 42.5 Å². The Bertz CT molecular complexity index is 860. The van der Waals surface area contributed by atoms with Crippen LogP contribution in [0, 0.1) is 11.3 Å². The van der Waals surface area contributed by atoms with Crippen molar-refractivity contribution in [2.75, 3.05) is 0 Å². The predicted octanol–water partition coefficient (Wildman–Crippen LogP) is 4.29. The number of nitriles is 1. The highest BCUT2D eigenvalue weighted by molar-refractivity contribution is 6.35. The van der Waals surface area contributed by atoms with Gasteiger partial charge in [0, 0.05) is 10.0 Å². The second-order valence-electron chi connectivity index (χ2n) is 5.63. The molecule has 1 amide bonds. The van der Waals surface area contributed by atoms with Gasteiger partial charge in [0.15, 0.2) is 6.10 Å². The smallest absolute Gasteiger partial charge is 0.338 e. The van der Waals surface area contributed by atoms with E-state index in [2.05, 4.69) is 5.32 Å². The molecule has 0 radical (unpaired) electrons. The summed E-state index contributed by atoms with van der Waals surface area (Å²) in [4.78, 5) is 24.4. The zero-order chi connectivity index (χ0) is 19.3. The highest BCUT2D eigenvalue weighted by Gasteiger charge is 2.21. The summed E-state index contributed by atoms with van der Waals surface area (Å²) in [6.45, 7) is 3.25. The van der Waals surface area contributed by atoms with Crippen LogP contribution in [-0.2, 0) is 9.53 Å². The van der Waals surface area contributed by atoms with Crippen LogP contribution >= 0.6 is 23.2 Å². The number of carbonyl (C=O) groups excluding carboxylic acids is 2. The van der Waals surface area contributed by atoms with Gasteiger partial charge in [0.1, 0.15) is 0 Å². The minimum absolute atomic E-state index is 0.262. The fourth-order valence-electron chi connectivity index (χ4n) is 2.22. The van der Waals surface area contributed by atoms with Crippen LogP contribution in [0.1, 0.15) is 41.4 Å². The molecule has 2 aromatic carbocycles. The van der Waals surface area contributed by atoms with Crippen LogP contribution in [0.5, 0.6) is 0 Å². The minimum atomic E-state index is -0.994. The van der Waals surface area contributed by atoms with Gasteiger partial charge in [-0.15, -0.1) is 0 Å². The maximum Gasteiger partial charge on any atom is 0.338 e. The van der Waals surface area contributed by atoms with Crippen LogP contribution in [0.2, 0.25) is 10.0 Å². The first-order valence-corrected chi connectivity index (χ1v) is 8.54. The number of nitrogens with zero attached hydrogens (tertiary/aromatic N) is 1. The Morgan fingerprint density at radius 1 is 1.12 bits per heavy atom. The van der Waals surface area contributed by atoms with Gasteiger partial charge >= 0.3 is 5.97 Å². The van der Waals surface area contributed by atoms with Gasteiger partial charge in [0.25, 0.3) is 5.91 Å². The van der Waals surface area contributed by atoms with E-state index in [0.717, 1.165) is 0 Å². The number of esters is 1. The van der Waals surface area contributed by atoms with Crippen LogP contribution in [-0.4, -0.2) is 18.0 Å². The number of carbonyl (C=O) groups is 2. The molecule has 1 N–H and O–H groups in total. The number of benzene rings is 2. The highest BCUT2D eigenvalue weighted by Crippen LogP contribution is 2.26. The molecule has 0 saturated carbocycles. The van der Waals surface area contributed by atoms with Gasteiger partial charge < -0.3 is 10.1 Å². The van der Waals surface area contributed by atoms with Gasteiger partial charge in [-0.3, -0.25) is 4.79 Å². The second kappa shape index (κ2) is 8.70. The molecule has 0 spiro atoms. The summed E-state index contributed by atoms with van der Waals surface area (Å²) in [5, 5.41) is 12.4. The molecule has 0 aliphatic heterocycles. The number of halogens is 2. The van der Waals surface area contributed by atoms with Crippen LogP contribution in [0.4, 0.5) is 0 Å². The minimum Gasteiger partial charge on any atom is -0.449 e. The summed E-state index contributed by atoms with van der Waals surface area (Å²) < 4.78 is 5.17. The summed E-state index contributed by atoms with van der Waals surface area (Å²) >= 11 is 12.0. The molecule has 0 aliphatic carbocycles. The van der Waals surface area contributed by atoms with Crippen LogP contribution in [0.25, 0.3) is 0 Å². The van der Waals surface area contributed by atoms with Crippen molar-refractivity contribution in [3.05, 3.63) is 69.2 Å². The second-order valence-corrected chi connectivity index (χ2v) is 6.48. The monoisotopic (exact) mass is 390 g/mol. The molecule has 0 aromatic heterocycles. The molecule has 0 saturated heterocycles. The Balaban J connectivity index is 1.98. The van der Waals surface area contributed by atoms with Gasteiger partial charge in [-0.05, 0) is 55.8 Å². The molecule has 26 heavy (non-hydrogen) atoms. The van der Waals surface area contributed by atoms with Crippen LogP contribution < -0.4 is 5.32 Å². The molecule has 0 fully saturated rings. The van der Waals surface area contributed by atoms with E-state index in [0.29, 0.717) is 21.2 Å². The highest BCUT2D eigenvalue weighted by atomic mass is 35.5. The number of nitrogens with one attached hydrogen (secondary N) is 1. The van der Waals surface area contributed by atoms with Gasteiger partial charge in [-0.2, -0.15) is 5.26 Å². The molecule has 0 unspecified atom stereocenters. The average Bonchev–Trinajstić information content (AvgIpc) is 2.61. The molecule has 0 bridgehead atoms. The zero-order valence-corrected chi connectivity index (χ0v) is 15.6. The normalized spacial score (nSPS) is 12.6. The van der Waals surface area contributed by atoms with E-state index in [1.807, 2.05) is 6.07 Å². The Hall–Kier alpha value is -2.55. The fraction of sp³-hybridized carbons (Fsp3) is 0.211. The third-order valence-corrected chi connectivity index (χ3v) is 4.25. The maximum atomic E-state index is 12.3. The number of rotatable bonds is 5. The van der Waals surface area contributed by atoms with E-state index in [4.69, 9.17) is 33.2 Å². The van der Waals surface area contributed by atoms with Gasteiger partial charge in [0.2, 0.25) is 0 Å². The summed E-state index contributed by atoms with van der Waals surface area (Å²) in [5.74, 6) is -1.10.